The van der Waals surface area contributed by atoms with Gasteiger partial charge in [-0.1, -0.05) is 25.8 Å². The zero-order valence-corrected chi connectivity index (χ0v) is 13.9. The zero-order valence-electron chi connectivity index (χ0n) is 13.9. The van der Waals surface area contributed by atoms with E-state index < -0.39 is 0 Å². The predicted molar refractivity (Wildman–Crippen MR) is 88.3 cm³/mol. The summed E-state index contributed by atoms with van der Waals surface area (Å²) < 4.78 is 0. The molecule has 124 valence electrons. The van der Waals surface area contributed by atoms with Crippen molar-refractivity contribution in [3.8, 4) is 0 Å². The van der Waals surface area contributed by atoms with Crippen molar-refractivity contribution in [2.75, 3.05) is 6.54 Å². The lowest BCUT2D eigenvalue weighted by Gasteiger charge is -2.25. The van der Waals surface area contributed by atoms with Gasteiger partial charge in [-0.25, -0.2) is 0 Å². The molecule has 0 radical (unpaired) electrons. The molecular weight excluding hydrogens is 276 g/mol. The molecule has 0 spiro atoms. The molecule has 1 aliphatic carbocycles. The number of likely N-dealkylation sites (tertiary alicyclic amines) is 1. The van der Waals surface area contributed by atoms with Crippen LogP contribution in [0.25, 0.3) is 0 Å². The van der Waals surface area contributed by atoms with Crippen LogP contribution in [-0.4, -0.2) is 35.3 Å². The summed E-state index contributed by atoms with van der Waals surface area (Å²) in [5.74, 6) is 0.613. The molecule has 1 aliphatic heterocycles. The van der Waals surface area contributed by atoms with Gasteiger partial charge < -0.3 is 10.2 Å². The molecule has 0 aromatic carbocycles. The van der Waals surface area contributed by atoms with E-state index in [4.69, 9.17) is 0 Å². The Balaban J connectivity index is 1.74. The molecule has 2 atom stereocenters. The Morgan fingerprint density at radius 2 is 2.09 bits per heavy atom. The van der Waals surface area contributed by atoms with Gasteiger partial charge >= 0.3 is 0 Å². The van der Waals surface area contributed by atoms with Crippen LogP contribution in [0.3, 0.4) is 0 Å². The number of allylic oxidation sites excluding steroid dienone is 1. The third kappa shape index (κ3) is 5.15. The average Bonchev–Trinajstić information content (AvgIpc) is 3.15. The Bertz CT molecular complexity index is 404. The van der Waals surface area contributed by atoms with Crippen molar-refractivity contribution < 1.29 is 9.59 Å². The lowest BCUT2D eigenvalue weighted by atomic mass is 9.99. The molecule has 4 heteroatoms. The van der Waals surface area contributed by atoms with Crippen molar-refractivity contribution in [2.24, 2.45) is 5.92 Å². The number of nitrogens with one attached hydrogen (secondary N) is 1. The van der Waals surface area contributed by atoms with Crippen LogP contribution in [-0.2, 0) is 9.59 Å². The molecular formula is C18H30N2O2. The van der Waals surface area contributed by atoms with E-state index in [9.17, 15) is 9.59 Å². The summed E-state index contributed by atoms with van der Waals surface area (Å²) in [5, 5.41) is 3.04. The minimum absolute atomic E-state index is 0.0620. The fourth-order valence-electron chi connectivity index (χ4n) is 3.16. The molecule has 1 heterocycles. The van der Waals surface area contributed by atoms with Gasteiger partial charge in [0, 0.05) is 19.0 Å². The number of amides is 2. The molecule has 0 unspecified atom stereocenters. The molecule has 22 heavy (non-hydrogen) atoms. The Morgan fingerprint density at radius 3 is 2.77 bits per heavy atom. The van der Waals surface area contributed by atoms with Crippen LogP contribution < -0.4 is 5.32 Å². The van der Waals surface area contributed by atoms with E-state index in [0.29, 0.717) is 18.4 Å². The molecule has 2 aliphatic rings. The second-order valence-corrected chi connectivity index (χ2v) is 6.91. The largest absolute Gasteiger partial charge is 0.352 e. The second-order valence-electron chi connectivity index (χ2n) is 6.91. The van der Waals surface area contributed by atoms with Crippen LogP contribution in [0, 0.1) is 5.92 Å². The van der Waals surface area contributed by atoms with E-state index in [0.717, 1.165) is 57.9 Å². The standard InChI is InChI=1S/C18H30N2O2/c1-3-4-5-6-8-14(2)13-17(21)20-12-7-9-16(20)18(22)19-15-10-11-15/h3,14-16H,1,4-13H2,2H3,(H,19,22)/t14-,16+/m1/s1. The summed E-state index contributed by atoms with van der Waals surface area (Å²) in [6.45, 7) is 6.61. The molecule has 2 fully saturated rings. The summed E-state index contributed by atoms with van der Waals surface area (Å²) in [4.78, 5) is 26.5. The number of rotatable bonds is 9. The molecule has 1 saturated heterocycles. The minimum Gasteiger partial charge on any atom is -0.352 e. The molecule has 0 aromatic rings. The van der Waals surface area contributed by atoms with Gasteiger partial charge in [-0.05, 0) is 44.4 Å². The first-order valence-corrected chi connectivity index (χ1v) is 8.82. The van der Waals surface area contributed by atoms with Crippen molar-refractivity contribution in [1.82, 2.24) is 10.2 Å². The lowest BCUT2D eigenvalue weighted by molar-refractivity contribution is -0.139. The fourth-order valence-corrected chi connectivity index (χ4v) is 3.16. The van der Waals surface area contributed by atoms with E-state index in [1.165, 1.54) is 0 Å². The van der Waals surface area contributed by atoms with Gasteiger partial charge in [0.05, 0.1) is 0 Å². The number of unbranched alkanes of at least 4 members (excludes halogenated alkanes) is 2. The van der Waals surface area contributed by atoms with Crippen LogP contribution in [0.4, 0.5) is 0 Å². The van der Waals surface area contributed by atoms with Gasteiger partial charge in [0.1, 0.15) is 6.04 Å². The maximum absolute atomic E-state index is 12.5. The molecule has 2 rings (SSSR count). The van der Waals surface area contributed by atoms with Crippen molar-refractivity contribution in [2.45, 2.75) is 76.8 Å². The van der Waals surface area contributed by atoms with Gasteiger partial charge in [0.25, 0.3) is 0 Å². The van der Waals surface area contributed by atoms with Gasteiger partial charge in [-0.3, -0.25) is 9.59 Å². The molecule has 0 aromatic heterocycles. The maximum atomic E-state index is 12.5. The molecule has 1 N–H and O–H groups in total. The first-order chi connectivity index (χ1) is 10.6. The number of hydrogen-bond donors (Lipinski definition) is 1. The summed E-state index contributed by atoms with van der Waals surface area (Å²) in [6, 6.07) is 0.148. The van der Waals surface area contributed by atoms with Crippen molar-refractivity contribution in [3.63, 3.8) is 0 Å². The zero-order chi connectivity index (χ0) is 15.9. The molecule has 2 amide bonds. The Morgan fingerprint density at radius 1 is 1.32 bits per heavy atom. The highest BCUT2D eigenvalue weighted by Gasteiger charge is 2.36. The van der Waals surface area contributed by atoms with Crippen LogP contribution in [0.5, 0.6) is 0 Å². The number of hydrogen-bond acceptors (Lipinski definition) is 2. The highest BCUT2D eigenvalue weighted by atomic mass is 16.2. The van der Waals surface area contributed by atoms with Crippen molar-refractivity contribution >= 4 is 11.8 Å². The highest BCUT2D eigenvalue weighted by Crippen LogP contribution is 2.24. The van der Waals surface area contributed by atoms with Crippen molar-refractivity contribution in [1.29, 1.82) is 0 Å². The summed E-state index contributed by atoms with van der Waals surface area (Å²) in [6.07, 6.45) is 10.9. The second kappa shape index (κ2) is 8.35. The third-order valence-electron chi connectivity index (χ3n) is 4.68. The maximum Gasteiger partial charge on any atom is 0.243 e. The van der Waals surface area contributed by atoms with Crippen molar-refractivity contribution in [3.05, 3.63) is 12.7 Å². The smallest absolute Gasteiger partial charge is 0.243 e. The number of nitrogens with zero attached hydrogens (tertiary/aromatic N) is 1. The quantitative estimate of drug-likeness (QED) is 0.526. The Hall–Kier alpha value is -1.32. The van der Waals surface area contributed by atoms with E-state index in [-0.39, 0.29) is 17.9 Å². The summed E-state index contributed by atoms with van der Waals surface area (Å²) in [7, 11) is 0. The van der Waals surface area contributed by atoms with Gasteiger partial charge in [-0.2, -0.15) is 0 Å². The molecule has 1 saturated carbocycles. The van der Waals surface area contributed by atoms with E-state index in [1.54, 1.807) is 0 Å². The van der Waals surface area contributed by atoms with Crippen LogP contribution in [0.1, 0.15) is 64.7 Å². The Labute approximate surface area is 134 Å². The third-order valence-corrected chi connectivity index (χ3v) is 4.68. The fraction of sp³-hybridized carbons (Fsp3) is 0.778. The molecule has 0 bridgehead atoms. The monoisotopic (exact) mass is 306 g/mol. The number of carbonyl (C=O) groups is 2. The minimum atomic E-state index is -0.221. The summed E-state index contributed by atoms with van der Waals surface area (Å²) >= 11 is 0. The highest BCUT2D eigenvalue weighted by molar-refractivity contribution is 5.88. The Kier molecular flexibility index (Phi) is 6.47. The van der Waals surface area contributed by atoms with Crippen LogP contribution in [0.15, 0.2) is 12.7 Å². The van der Waals surface area contributed by atoms with E-state index >= 15 is 0 Å². The van der Waals surface area contributed by atoms with Gasteiger partial charge in [0.2, 0.25) is 11.8 Å². The van der Waals surface area contributed by atoms with Crippen LogP contribution in [0.2, 0.25) is 0 Å². The van der Waals surface area contributed by atoms with E-state index in [2.05, 4.69) is 18.8 Å². The SMILES string of the molecule is C=CCCCC[C@@H](C)CC(=O)N1CCC[C@H]1C(=O)NC1CC1. The first-order valence-electron chi connectivity index (χ1n) is 8.82. The average molecular weight is 306 g/mol. The van der Waals surface area contributed by atoms with Crippen LogP contribution >= 0.6 is 0 Å². The normalized spacial score (nSPS) is 22.4. The first kappa shape index (κ1) is 17.0. The van der Waals surface area contributed by atoms with E-state index in [1.807, 2.05) is 11.0 Å². The lowest BCUT2D eigenvalue weighted by Crippen LogP contribution is -2.46. The predicted octanol–water partition coefficient (Wildman–Crippen LogP) is 3.03. The summed E-state index contributed by atoms with van der Waals surface area (Å²) in [5.41, 5.74) is 0. The van der Waals surface area contributed by atoms with Gasteiger partial charge in [-0.15, -0.1) is 6.58 Å². The molecule has 4 nitrogen and oxygen atoms in total. The van der Waals surface area contributed by atoms with Gasteiger partial charge in [0.15, 0.2) is 0 Å². The topological polar surface area (TPSA) is 49.4 Å². The number of carbonyl (C=O) groups excluding carboxylic acids is 2.